The van der Waals surface area contributed by atoms with Crippen molar-refractivity contribution in [3.8, 4) is 0 Å². The van der Waals surface area contributed by atoms with Crippen molar-refractivity contribution in [3.63, 3.8) is 0 Å². The van der Waals surface area contributed by atoms with Gasteiger partial charge < -0.3 is 5.11 Å². The molecule has 9 heavy (non-hydrogen) atoms. The summed E-state index contributed by atoms with van der Waals surface area (Å²) in [5.74, 6) is 0. The van der Waals surface area contributed by atoms with Gasteiger partial charge in [0.15, 0.2) is 0 Å². The summed E-state index contributed by atoms with van der Waals surface area (Å²) in [5.41, 5.74) is 1.02. The molecule has 1 aliphatic heterocycles. The molecule has 1 atom stereocenters. The minimum Gasteiger partial charge on any atom is -0.393 e. The predicted octanol–water partition coefficient (Wildman–Crippen LogP) is 0.768. The van der Waals surface area contributed by atoms with Crippen LogP contribution in [-0.4, -0.2) is 23.5 Å². The minimum absolute atomic E-state index is 0.258. The van der Waals surface area contributed by atoms with E-state index in [-0.39, 0.29) is 6.10 Å². The van der Waals surface area contributed by atoms with Gasteiger partial charge in [0, 0.05) is 12.1 Å². The van der Waals surface area contributed by atoms with Gasteiger partial charge in [-0.2, -0.15) is 0 Å². The summed E-state index contributed by atoms with van der Waals surface area (Å²) in [6.45, 7) is 2.57. The molecule has 1 aliphatic rings. The van der Waals surface area contributed by atoms with Gasteiger partial charge in [0.1, 0.15) is 0 Å². The van der Waals surface area contributed by atoms with Gasteiger partial charge in [0.05, 0.1) is 12.6 Å². The number of hydrogen-bond acceptors (Lipinski definition) is 2. The molecule has 0 saturated heterocycles. The highest BCUT2D eigenvalue weighted by Gasteiger charge is 2.02. The first-order chi connectivity index (χ1) is 4.29. The molecular formula is C7H11NO. The van der Waals surface area contributed by atoms with E-state index in [0.29, 0.717) is 6.42 Å². The lowest BCUT2D eigenvalue weighted by Crippen LogP contribution is -2.05. The van der Waals surface area contributed by atoms with Crippen LogP contribution in [0.25, 0.3) is 0 Å². The molecule has 0 bridgehead atoms. The maximum atomic E-state index is 8.90. The standard InChI is InChI=1S/C7H11NO/c1-6(9)5-7-3-2-4-8-7/h2-3,6,9H,4-5H2,1H3. The van der Waals surface area contributed by atoms with Crippen molar-refractivity contribution in [2.24, 2.45) is 4.99 Å². The molecule has 1 heterocycles. The van der Waals surface area contributed by atoms with E-state index in [1.807, 2.05) is 12.2 Å². The molecule has 0 aromatic carbocycles. The Hall–Kier alpha value is -0.630. The Bertz CT molecular complexity index is 147. The first-order valence-corrected chi connectivity index (χ1v) is 3.17. The summed E-state index contributed by atoms with van der Waals surface area (Å²) in [6.07, 6.45) is 4.40. The Morgan fingerprint density at radius 1 is 1.89 bits per heavy atom. The van der Waals surface area contributed by atoms with Crippen LogP contribution in [0.5, 0.6) is 0 Å². The Morgan fingerprint density at radius 2 is 2.67 bits per heavy atom. The van der Waals surface area contributed by atoms with E-state index in [1.165, 1.54) is 0 Å². The second-order valence-electron chi connectivity index (χ2n) is 2.29. The average Bonchev–Trinajstić information content (AvgIpc) is 2.15. The predicted molar refractivity (Wildman–Crippen MR) is 37.7 cm³/mol. The smallest absolute Gasteiger partial charge is 0.0577 e. The van der Waals surface area contributed by atoms with Crippen LogP contribution < -0.4 is 0 Å². The first-order valence-electron chi connectivity index (χ1n) is 3.17. The van der Waals surface area contributed by atoms with Crippen LogP contribution in [0.2, 0.25) is 0 Å². The zero-order valence-corrected chi connectivity index (χ0v) is 5.54. The lowest BCUT2D eigenvalue weighted by Gasteiger charge is -1.99. The molecule has 0 radical (unpaired) electrons. The highest BCUT2D eigenvalue weighted by molar-refractivity contribution is 5.96. The molecule has 0 spiro atoms. The van der Waals surface area contributed by atoms with E-state index in [9.17, 15) is 0 Å². The number of aliphatic hydroxyl groups excluding tert-OH is 1. The second kappa shape index (κ2) is 2.78. The summed E-state index contributed by atoms with van der Waals surface area (Å²) in [7, 11) is 0. The molecule has 0 fully saturated rings. The summed E-state index contributed by atoms with van der Waals surface area (Å²) in [6, 6.07) is 0. The van der Waals surface area contributed by atoms with Gasteiger partial charge in [0.25, 0.3) is 0 Å². The van der Waals surface area contributed by atoms with E-state index >= 15 is 0 Å². The topological polar surface area (TPSA) is 32.6 Å². The fourth-order valence-electron chi connectivity index (χ4n) is 0.847. The van der Waals surface area contributed by atoms with E-state index in [2.05, 4.69) is 4.99 Å². The molecule has 50 valence electrons. The Labute approximate surface area is 54.9 Å². The third-order valence-corrected chi connectivity index (χ3v) is 1.21. The summed E-state index contributed by atoms with van der Waals surface area (Å²) >= 11 is 0. The van der Waals surface area contributed by atoms with Gasteiger partial charge in [-0.25, -0.2) is 0 Å². The molecule has 0 amide bonds. The Morgan fingerprint density at radius 3 is 3.11 bits per heavy atom. The van der Waals surface area contributed by atoms with Gasteiger partial charge in [-0.15, -0.1) is 0 Å². The largest absolute Gasteiger partial charge is 0.393 e. The van der Waals surface area contributed by atoms with Crippen molar-refractivity contribution in [1.29, 1.82) is 0 Å². The van der Waals surface area contributed by atoms with Gasteiger partial charge in [-0.3, -0.25) is 4.99 Å². The second-order valence-corrected chi connectivity index (χ2v) is 2.29. The van der Waals surface area contributed by atoms with E-state index in [0.717, 1.165) is 12.3 Å². The molecule has 0 aliphatic carbocycles. The minimum atomic E-state index is -0.258. The number of allylic oxidation sites excluding steroid dienone is 1. The van der Waals surface area contributed by atoms with Crippen molar-refractivity contribution in [3.05, 3.63) is 12.2 Å². The molecule has 2 heteroatoms. The van der Waals surface area contributed by atoms with Crippen molar-refractivity contribution in [1.82, 2.24) is 0 Å². The monoisotopic (exact) mass is 125 g/mol. The van der Waals surface area contributed by atoms with Gasteiger partial charge in [-0.05, 0) is 13.0 Å². The van der Waals surface area contributed by atoms with Gasteiger partial charge >= 0.3 is 0 Å². The number of hydrogen-bond donors (Lipinski definition) is 1. The SMILES string of the molecule is CC(O)CC1=NCC=C1. The van der Waals surface area contributed by atoms with Crippen LogP contribution in [0, 0.1) is 0 Å². The lowest BCUT2D eigenvalue weighted by molar-refractivity contribution is 0.203. The molecule has 2 nitrogen and oxygen atoms in total. The van der Waals surface area contributed by atoms with E-state index in [1.54, 1.807) is 6.92 Å². The Balaban J connectivity index is 2.35. The van der Waals surface area contributed by atoms with Crippen molar-refractivity contribution in [2.45, 2.75) is 19.4 Å². The van der Waals surface area contributed by atoms with Crippen LogP contribution in [-0.2, 0) is 0 Å². The molecule has 1 N–H and O–H groups in total. The van der Waals surface area contributed by atoms with Crippen LogP contribution in [0.3, 0.4) is 0 Å². The lowest BCUT2D eigenvalue weighted by atomic mass is 10.2. The molecule has 1 unspecified atom stereocenters. The number of rotatable bonds is 2. The van der Waals surface area contributed by atoms with Crippen LogP contribution in [0.15, 0.2) is 17.1 Å². The van der Waals surface area contributed by atoms with Crippen molar-refractivity contribution >= 4 is 5.71 Å². The third-order valence-electron chi connectivity index (χ3n) is 1.21. The number of aliphatic hydroxyl groups is 1. The zero-order valence-electron chi connectivity index (χ0n) is 5.54. The molecule has 0 aromatic heterocycles. The molecule has 0 saturated carbocycles. The van der Waals surface area contributed by atoms with Crippen LogP contribution in [0.4, 0.5) is 0 Å². The average molecular weight is 125 g/mol. The van der Waals surface area contributed by atoms with Crippen LogP contribution in [0.1, 0.15) is 13.3 Å². The normalized spacial score (nSPS) is 20.0. The molecule has 0 aromatic rings. The van der Waals surface area contributed by atoms with Crippen LogP contribution >= 0.6 is 0 Å². The van der Waals surface area contributed by atoms with E-state index in [4.69, 9.17) is 5.11 Å². The number of aliphatic imine (C=N–C) groups is 1. The summed E-state index contributed by atoms with van der Waals surface area (Å²) in [5, 5.41) is 8.90. The van der Waals surface area contributed by atoms with Crippen molar-refractivity contribution < 1.29 is 5.11 Å². The first kappa shape index (κ1) is 6.49. The van der Waals surface area contributed by atoms with E-state index < -0.39 is 0 Å². The third kappa shape index (κ3) is 1.98. The summed E-state index contributed by atoms with van der Waals surface area (Å²) < 4.78 is 0. The van der Waals surface area contributed by atoms with Gasteiger partial charge in [0.2, 0.25) is 0 Å². The maximum absolute atomic E-state index is 8.90. The summed E-state index contributed by atoms with van der Waals surface area (Å²) in [4.78, 5) is 4.12. The molecular weight excluding hydrogens is 114 g/mol. The fourth-order valence-corrected chi connectivity index (χ4v) is 0.847. The molecule has 1 rings (SSSR count). The highest BCUT2D eigenvalue weighted by atomic mass is 16.3. The fraction of sp³-hybridized carbons (Fsp3) is 0.571. The quantitative estimate of drug-likeness (QED) is 0.581. The Kier molecular flexibility index (Phi) is 2.01. The van der Waals surface area contributed by atoms with Crippen molar-refractivity contribution in [2.75, 3.05) is 6.54 Å². The number of nitrogens with zero attached hydrogens (tertiary/aromatic N) is 1. The highest BCUT2D eigenvalue weighted by Crippen LogP contribution is 2.00. The van der Waals surface area contributed by atoms with Gasteiger partial charge in [-0.1, -0.05) is 6.08 Å². The maximum Gasteiger partial charge on any atom is 0.0577 e. The zero-order chi connectivity index (χ0) is 6.69.